The van der Waals surface area contributed by atoms with E-state index in [0.717, 1.165) is 29.5 Å². The van der Waals surface area contributed by atoms with Crippen molar-refractivity contribution in [1.29, 1.82) is 5.26 Å². The number of nitriles is 1. The van der Waals surface area contributed by atoms with Gasteiger partial charge in [-0.3, -0.25) is 9.59 Å². The summed E-state index contributed by atoms with van der Waals surface area (Å²) >= 11 is 0. The zero-order valence-corrected chi connectivity index (χ0v) is 18.3. The zero-order chi connectivity index (χ0) is 21.9. The van der Waals surface area contributed by atoms with Crippen molar-refractivity contribution in [2.75, 3.05) is 20.3 Å². The van der Waals surface area contributed by atoms with Crippen LogP contribution in [0, 0.1) is 25.2 Å². The maximum Gasteiger partial charge on any atom is 0.305 e. The van der Waals surface area contributed by atoms with Gasteiger partial charge >= 0.3 is 11.9 Å². The molecule has 6 nitrogen and oxygen atoms in total. The molecule has 0 fully saturated rings. The van der Waals surface area contributed by atoms with Gasteiger partial charge in [0.25, 0.3) is 0 Å². The summed E-state index contributed by atoms with van der Waals surface area (Å²) < 4.78 is 15.8. The Morgan fingerprint density at radius 3 is 1.93 bits per heavy atom. The summed E-state index contributed by atoms with van der Waals surface area (Å²) in [4.78, 5) is 24.2. The molecular weight excluding hydrogens is 370 g/mol. The number of hydrogen-bond donors (Lipinski definition) is 0. The molecule has 1 rings (SSSR count). The summed E-state index contributed by atoms with van der Waals surface area (Å²) in [6, 6.07) is 6.18. The summed E-state index contributed by atoms with van der Waals surface area (Å²) in [6.45, 7) is 8.41. The molecule has 29 heavy (non-hydrogen) atoms. The Morgan fingerprint density at radius 2 is 1.52 bits per heavy atom. The van der Waals surface area contributed by atoms with E-state index in [2.05, 4.69) is 6.07 Å². The average Bonchev–Trinajstić information content (AvgIpc) is 2.72. The first-order valence-electron chi connectivity index (χ1n) is 10.2. The number of carbonyl (C=O) groups is 2. The lowest BCUT2D eigenvalue weighted by atomic mass is 9.71. The van der Waals surface area contributed by atoms with Crippen LogP contribution in [0.15, 0.2) is 12.1 Å². The van der Waals surface area contributed by atoms with E-state index >= 15 is 0 Å². The van der Waals surface area contributed by atoms with Crippen molar-refractivity contribution in [1.82, 2.24) is 0 Å². The molecule has 0 amide bonds. The van der Waals surface area contributed by atoms with Gasteiger partial charge in [0.2, 0.25) is 0 Å². The third-order valence-corrected chi connectivity index (χ3v) is 4.98. The second kappa shape index (κ2) is 12.1. The van der Waals surface area contributed by atoms with Crippen LogP contribution in [0.3, 0.4) is 0 Å². The molecule has 0 heterocycles. The minimum Gasteiger partial charge on any atom is -0.496 e. The lowest BCUT2D eigenvalue weighted by Crippen LogP contribution is -2.29. The van der Waals surface area contributed by atoms with Crippen LogP contribution in [0.2, 0.25) is 0 Å². The maximum absolute atomic E-state index is 12.1. The minimum atomic E-state index is -1.01. The summed E-state index contributed by atoms with van der Waals surface area (Å²) in [5.74, 6) is 0.00353. The van der Waals surface area contributed by atoms with Crippen LogP contribution in [0.4, 0.5) is 0 Å². The Labute approximate surface area is 174 Å². The summed E-state index contributed by atoms with van der Waals surface area (Å²) in [5.41, 5.74) is 1.57. The smallest absolute Gasteiger partial charge is 0.305 e. The highest BCUT2D eigenvalue weighted by atomic mass is 16.5. The zero-order valence-electron chi connectivity index (χ0n) is 18.3. The van der Waals surface area contributed by atoms with E-state index in [9.17, 15) is 14.9 Å². The van der Waals surface area contributed by atoms with Gasteiger partial charge < -0.3 is 14.2 Å². The predicted molar refractivity (Wildman–Crippen MR) is 111 cm³/mol. The minimum absolute atomic E-state index is 0.105. The summed E-state index contributed by atoms with van der Waals surface area (Å²) in [5, 5.41) is 10.2. The molecule has 0 spiro atoms. The van der Waals surface area contributed by atoms with E-state index in [0.29, 0.717) is 19.0 Å². The van der Waals surface area contributed by atoms with Gasteiger partial charge in [0, 0.05) is 12.8 Å². The van der Waals surface area contributed by atoms with Gasteiger partial charge in [0.15, 0.2) is 0 Å². The number of benzene rings is 1. The lowest BCUT2D eigenvalue weighted by molar-refractivity contribution is -0.144. The summed E-state index contributed by atoms with van der Waals surface area (Å²) in [7, 11) is 1.58. The van der Waals surface area contributed by atoms with Crippen LogP contribution < -0.4 is 4.74 Å². The van der Waals surface area contributed by atoms with Crippen molar-refractivity contribution in [3.8, 4) is 11.8 Å². The quantitative estimate of drug-likeness (QED) is 0.476. The number of methoxy groups -OCH3 is 1. The van der Waals surface area contributed by atoms with Gasteiger partial charge in [-0.05, 0) is 62.3 Å². The van der Waals surface area contributed by atoms with Gasteiger partial charge in [-0.2, -0.15) is 5.26 Å². The fourth-order valence-electron chi connectivity index (χ4n) is 3.54. The van der Waals surface area contributed by atoms with Gasteiger partial charge in [-0.15, -0.1) is 0 Å². The highest BCUT2D eigenvalue weighted by molar-refractivity contribution is 5.71. The molecule has 0 atom stereocenters. The largest absolute Gasteiger partial charge is 0.496 e. The van der Waals surface area contributed by atoms with Crippen molar-refractivity contribution in [3.05, 3.63) is 28.8 Å². The highest BCUT2D eigenvalue weighted by Gasteiger charge is 2.37. The van der Waals surface area contributed by atoms with Gasteiger partial charge in [0.05, 0.1) is 31.8 Å². The fourth-order valence-corrected chi connectivity index (χ4v) is 3.54. The maximum atomic E-state index is 12.1. The second-order valence-electron chi connectivity index (χ2n) is 7.22. The molecule has 0 bridgehead atoms. The van der Waals surface area contributed by atoms with Crippen LogP contribution >= 0.6 is 0 Å². The molecule has 0 radical (unpaired) electrons. The van der Waals surface area contributed by atoms with Crippen molar-refractivity contribution < 1.29 is 23.8 Å². The van der Waals surface area contributed by atoms with E-state index < -0.39 is 5.41 Å². The van der Waals surface area contributed by atoms with Crippen molar-refractivity contribution in [3.63, 3.8) is 0 Å². The summed E-state index contributed by atoms with van der Waals surface area (Å²) in [6.07, 6.45) is 2.23. The van der Waals surface area contributed by atoms with Crippen LogP contribution in [0.1, 0.15) is 69.1 Å². The number of esters is 2. The third-order valence-electron chi connectivity index (χ3n) is 4.98. The lowest BCUT2D eigenvalue weighted by Gasteiger charge is -2.30. The molecule has 160 valence electrons. The number of rotatable bonds is 12. The second-order valence-corrected chi connectivity index (χ2v) is 7.22. The molecule has 0 aliphatic rings. The molecule has 1 aromatic rings. The van der Waals surface area contributed by atoms with Crippen LogP contribution in [0.25, 0.3) is 0 Å². The SMILES string of the molecule is CCCOC(=O)CCC(C#N)(CCC(=O)OCCC)c1c(C)ccc(OC)c1C. The van der Waals surface area contributed by atoms with E-state index in [1.165, 1.54) is 0 Å². The van der Waals surface area contributed by atoms with Crippen molar-refractivity contribution in [2.24, 2.45) is 0 Å². The molecular formula is C23H33NO5. The Bertz CT molecular complexity index is 712. The topological polar surface area (TPSA) is 85.6 Å². The van der Waals surface area contributed by atoms with Gasteiger partial charge in [0.1, 0.15) is 5.75 Å². The Balaban J connectivity index is 3.24. The molecule has 1 aromatic carbocycles. The predicted octanol–water partition coefficient (Wildman–Crippen LogP) is 4.54. The first-order valence-corrected chi connectivity index (χ1v) is 10.2. The Kier molecular flexibility index (Phi) is 10.2. The normalized spacial score (nSPS) is 10.9. The van der Waals surface area contributed by atoms with Gasteiger partial charge in [-0.1, -0.05) is 19.9 Å². The van der Waals surface area contributed by atoms with E-state index in [-0.39, 0.29) is 37.6 Å². The first-order chi connectivity index (χ1) is 13.8. The van der Waals surface area contributed by atoms with Crippen LogP contribution in [0.5, 0.6) is 5.75 Å². The van der Waals surface area contributed by atoms with Gasteiger partial charge in [-0.25, -0.2) is 0 Å². The van der Waals surface area contributed by atoms with Crippen LogP contribution in [-0.4, -0.2) is 32.3 Å². The number of aryl methyl sites for hydroxylation is 1. The molecule has 0 saturated heterocycles. The van der Waals surface area contributed by atoms with E-state index in [1.807, 2.05) is 39.8 Å². The van der Waals surface area contributed by atoms with Crippen molar-refractivity contribution >= 4 is 11.9 Å². The van der Waals surface area contributed by atoms with E-state index in [1.54, 1.807) is 7.11 Å². The van der Waals surface area contributed by atoms with Crippen molar-refractivity contribution in [2.45, 2.75) is 71.6 Å². The monoisotopic (exact) mass is 403 g/mol. The number of ether oxygens (including phenoxy) is 3. The van der Waals surface area contributed by atoms with Crippen LogP contribution in [-0.2, 0) is 24.5 Å². The number of carbonyl (C=O) groups excluding carboxylic acids is 2. The molecule has 0 N–H and O–H groups in total. The Morgan fingerprint density at radius 1 is 1.00 bits per heavy atom. The first kappa shape index (κ1) is 24.5. The molecule has 6 heteroatoms. The molecule has 0 unspecified atom stereocenters. The molecule has 0 aromatic heterocycles. The average molecular weight is 404 g/mol. The third kappa shape index (κ3) is 6.77. The molecule has 0 saturated carbocycles. The fraction of sp³-hybridized carbons (Fsp3) is 0.609. The highest BCUT2D eigenvalue weighted by Crippen LogP contribution is 2.40. The molecule has 0 aliphatic carbocycles. The number of nitrogens with zero attached hydrogens (tertiary/aromatic N) is 1. The van der Waals surface area contributed by atoms with E-state index in [4.69, 9.17) is 14.2 Å². The standard InChI is InChI=1S/C23H33NO5/c1-6-14-28-20(25)10-12-23(16-24,13-11-21(26)29-15-7-2)22-17(3)8-9-19(27-5)18(22)4/h8-9H,6-7,10-15H2,1-5H3. The number of hydrogen-bond acceptors (Lipinski definition) is 6. The molecule has 0 aliphatic heterocycles. The Hall–Kier alpha value is -2.55.